The summed E-state index contributed by atoms with van der Waals surface area (Å²) >= 11 is 12.3. The van der Waals surface area contributed by atoms with Crippen molar-refractivity contribution >= 4 is 62.5 Å². The molecule has 2 heterocycles. The molecule has 0 fully saturated rings. The normalized spacial score (nSPS) is 11.1. The zero-order valence-corrected chi connectivity index (χ0v) is 19.4. The minimum absolute atomic E-state index is 0.0101. The first-order valence-corrected chi connectivity index (χ1v) is 11.1. The zero-order chi connectivity index (χ0) is 23.8. The molecule has 0 aliphatic rings. The second-order valence-electron chi connectivity index (χ2n) is 7.61. The standard InChI is InChI=1S/C26H17Cl2NO5/c1-32-22-8-6-14(10-19(22)28)25(31)26-24(17-4-2-3-5-21(17)34-26)29-23(30)11-15-13-33-20-9-7-16(27)12-18(15)20/h2-10,12-13H,11H2,1H3,(H,29,30). The molecule has 34 heavy (non-hydrogen) atoms. The van der Waals surface area contributed by atoms with Gasteiger partial charge in [-0.3, -0.25) is 9.59 Å². The highest BCUT2D eigenvalue weighted by Gasteiger charge is 2.24. The molecule has 0 saturated carbocycles. The summed E-state index contributed by atoms with van der Waals surface area (Å²) in [4.78, 5) is 26.3. The first kappa shape index (κ1) is 22.1. The Kier molecular flexibility index (Phi) is 5.77. The van der Waals surface area contributed by atoms with E-state index in [9.17, 15) is 9.59 Å². The largest absolute Gasteiger partial charge is 0.495 e. The number of hydrogen-bond acceptors (Lipinski definition) is 5. The zero-order valence-electron chi connectivity index (χ0n) is 17.9. The van der Waals surface area contributed by atoms with Crippen molar-refractivity contribution in [1.29, 1.82) is 0 Å². The molecule has 1 N–H and O–H groups in total. The van der Waals surface area contributed by atoms with Gasteiger partial charge >= 0.3 is 0 Å². The molecule has 0 aliphatic heterocycles. The molecule has 1 amide bonds. The van der Waals surface area contributed by atoms with Crippen molar-refractivity contribution in [3.05, 3.63) is 93.9 Å². The Morgan fingerprint density at radius 2 is 1.79 bits per heavy atom. The number of ether oxygens (including phenoxy) is 1. The number of hydrogen-bond donors (Lipinski definition) is 1. The van der Waals surface area contributed by atoms with Gasteiger partial charge in [0, 0.05) is 26.9 Å². The molecule has 8 heteroatoms. The Balaban J connectivity index is 1.49. The summed E-state index contributed by atoms with van der Waals surface area (Å²) in [6.07, 6.45) is 1.55. The molecule has 0 unspecified atom stereocenters. The Labute approximate surface area is 204 Å². The lowest BCUT2D eigenvalue weighted by Crippen LogP contribution is -2.16. The fourth-order valence-electron chi connectivity index (χ4n) is 3.82. The Bertz CT molecular complexity index is 1570. The topological polar surface area (TPSA) is 81.7 Å². The van der Waals surface area contributed by atoms with E-state index in [0.29, 0.717) is 49.2 Å². The third kappa shape index (κ3) is 4.02. The van der Waals surface area contributed by atoms with Gasteiger partial charge in [-0.15, -0.1) is 0 Å². The highest BCUT2D eigenvalue weighted by atomic mass is 35.5. The predicted octanol–water partition coefficient (Wildman–Crippen LogP) is 6.91. The van der Waals surface area contributed by atoms with Crippen LogP contribution in [0, 0.1) is 0 Å². The van der Waals surface area contributed by atoms with Crippen molar-refractivity contribution in [2.45, 2.75) is 6.42 Å². The molecular formula is C26H17Cl2NO5. The number of carbonyl (C=O) groups excluding carboxylic acids is 2. The van der Waals surface area contributed by atoms with E-state index in [4.69, 9.17) is 36.8 Å². The van der Waals surface area contributed by atoms with Crippen LogP contribution in [0.3, 0.4) is 0 Å². The minimum Gasteiger partial charge on any atom is -0.495 e. The maximum absolute atomic E-state index is 13.3. The summed E-state index contributed by atoms with van der Waals surface area (Å²) < 4.78 is 16.5. The summed E-state index contributed by atoms with van der Waals surface area (Å²) in [7, 11) is 1.49. The van der Waals surface area contributed by atoms with Gasteiger partial charge in [-0.2, -0.15) is 0 Å². The lowest BCUT2D eigenvalue weighted by Gasteiger charge is -2.07. The number of anilines is 1. The SMILES string of the molecule is COc1ccc(C(=O)c2oc3ccccc3c2NC(=O)Cc2coc3ccc(Cl)cc23)cc1Cl. The molecule has 3 aromatic carbocycles. The van der Waals surface area contributed by atoms with Crippen LogP contribution in [0.25, 0.3) is 21.9 Å². The first-order valence-electron chi connectivity index (χ1n) is 10.3. The molecule has 5 rings (SSSR count). The van der Waals surface area contributed by atoms with E-state index < -0.39 is 5.78 Å². The van der Waals surface area contributed by atoms with Gasteiger partial charge in [0.1, 0.15) is 16.9 Å². The first-order chi connectivity index (χ1) is 16.4. The van der Waals surface area contributed by atoms with Crippen LogP contribution in [-0.2, 0) is 11.2 Å². The van der Waals surface area contributed by atoms with Crippen molar-refractivity contribution in [2.75, 3.05) is 12.4 Å². The van der Waals surface area contributed by atoms with Crippen molar-refractivity contribution in [2.24, 2.45) is 0 Å². The Hall–Kier alpha value is -3.74. The van der Waals surface area contributed by atoms with Crippen molar-refractivity contribution in [3.63, 3.8) is 0 Å². The summed E-state index contributed by atoms with van der Waals surface area (Å²) in [5.41, 5.74) is 2.38. The van der Waals surface area contributed by atoms with Gasteiger partial charge in [0.15, 0.2) is 5.76 Å². The summed E-state index contributed by atoms with van der Waals surface area (Å²) in [5.74, 6) is -0.299. The third-order valence-corrected chi connectivity index (χ3v) is 5.98. The van der Waals surface area contributed by atoms with Crippen LogP contribution in [0.5, 0.6) is 5.75 Å². The lowest BCUT2D eigenvalue weighted by atomic mass is 10.1. The molecule has 170 valence electrons. The quantitative estimate of drug-likeness (QED) is 0.260. The number of furan rings is 2. The molecule has 2 aromatic heterocycles. The molecule has 0 radical (unpaired) electrons. The van der Waals surface area contributed by atoms with Crippen LogP contribution in [0.2, 0.25) is 10.0 Å². The van der Waals surface area contributed by atoms with E-state index in [-0.39, 0.29) is 18.1 Å². The summed E-state index contributed by atoms with van der Waals surface area (Å²) in [6, 6.07) is 17.0. The number of para-hydroxylation sites is 1. The number of ketones is 1. The average molecular weight is 494 g/mol. The Morgan fingerprint density at radius 1 is 0.971 bits per heavy atom. The van der Waals surface area contributed by atoms with Crippen LogP contribution < -0.4 is 10.1 Å². The van der Waals surface area contributed by atoms with E-state index in [2.05, 4.69) is 5.32 Å². The highest BCUT2D eigenvalue weighted by Crippen LogP contribution is 2.34. The van der Waals surface area contributed by atoms with E-state index in [1.807, 2.05) is 0 Å². The fourth-order valence-corrected chi connectivity index (χ4v) is 4.25. The van der Waals surface area contributed by atoms with Gasteiger partial charge in [-0.1, -0.05) is 35.3 Å². The van der Waals surface area contributed by atoms with Crippen LogP contribution in [0.1, 0.15) is 21.7 Å². The Morgan fingerprint density at radius 3 is 2.59 bits per heavy atom. The molecule has 0 aliphatic carbocycles. The van der Waals surface area contributed by atoms with Crippen LogP contribution in [0.15, 0.2) is 75.8 Å². The van der Waals surface area contributed by atoms with E-state index >= 15 is 0 Å². The third-order valence-electron chi connectivity index (χ3n) is 5.45. The number of fused-ring (bicyclic) bond motifs is 2. The van der Waals surface area contributed by atoms with Crippen LogP contribution in [0.4, 0.5) is 5.69 Å². The number of halogens is 2. The number of rotatable bonds is 6. The van der Waals surface area contributed by atoms with E-state index in [1.54, 1.807) is 54.6 Å². The summed E-state index contributed by atoms with van der Waals surface area (Å²) in [5, 5.41) is 5.05. The molecule has 0 atom stereocenters. The lowest BCUT2D eigenvalue weighted by molar-refractivity contribution is -0.115. The van der Waals surface area contributed by atoms with E-state index in [1.165, 1.54) is 19.4 Å². The average Bonchev–Trinajstić information content (AvgIpc) is 3.39. The van der Waals surface area contributed by atoms with Gasteiger partial charge in [0.25, 0.3) is 0 Å². The number of methoxy groups -OCH3 is 1. The van der Waals surface area contributed by atoms with Crippen molar-refractivity contribution in [1.82, 2.24) is 0 Å². The highest BCUT2D eigenvalue weighted by molar-refractivity contribution is 6.32. The van der Waals surface area contributed by atoms with Gasteiger partial charge < -0.3 is 18.9 Å². The van der Waals surface area contributed by atoms with Gasteiger partial charge in [0.05, 0.1) is 30.5 Å². The van der Waals surface area contributed by atoms with Crippen molar-refractivity contribution in [3.8, 4) is 5.75 Å². The number of benzene rings is 3. The molecule has 0 bridgehead atoms. The van der Waals surface area contributed by atoms with Gasteiger partial charge in [-0.05, 0) is 48.5 Å². The van der Waals surface area contributed by atoms with Gasteiger partial charge in [-0.25, -0.2) is 0 Å². The van der Waals surface area contributed by atoms with Crippen LogP contribution in [-0.4, -0.2) is 18.8 Å². The maximum atomic E-state index is 13.3. The summed E-state index contributed by atoms with van der Waals surface area (Å²) in [6.45, 7) is 0. The monoisotopic (exact) mass is 493 g/mol. The number of nitrogens with one attached hydrogen (secondary N) is 1. The minimum atomic E-state index is -0.420. The van der Waals surface area contributed by atoms with E-state index in [0.717, 1.165) is 5.39 Å². The maximum Gasteiger partial charge on any atom is 0.230 e. The second kappa shape index (κ2) is 8.89. The second-order valence-corrected chi connectivity index (χ2v) is 8.45. The molecule has 6 nitrogen and oxygen atoms in total. The molecule has 0 spiro atoms. The number of amides is 1. The fraction of sp³-hybridized carbons (Fsp3) is 0.0769. The van der Waals surface area contributed by atoms with Crippen LogP contribution >= 0.6 is 23.2 Å². The molecular weight excluding hydrogens is 477 g/mol. The predicted molar refractivity (Wildman–Crippen MR) is 131 cm³/mol. The molecule has 0 saturated heterocycles. The number of carbonyl (C=O) groups is 2. The molecule has 5 aromatic rings. The van der Waals surface area contributed by atoms with Gasteiger partial charge in [0.2, 0.25) is 11.7 Å². The van der Waals surface area contributed by atoms with Crippen molar-refractivity contribution < 1.29 is 23.2 Å². The smallest absolute Gasteiger partial charge is 0.230 e.